The maximum Gasteiger partial charge on any atom is 0.460 e. The van der Waals surface area contributed by atoms with Crippen molar-refractivity contribution in [3.8, 4) is 5.75 Å². The highest BCUT2D eigenvalue weighted by Crippen LogP contribution is 2.60. The van der Waals surface area contributed by atoms with Crippen molar-refractivity contribution in [2.24, 2.45) is 0 Å². The standard InChI is InChI=1S/C12H5Cl2F11O/c1-26-7-3-5(13)4(2-6(7)14)8(15,16)9(17,18)10(19,20)11(21,22)12(23,24)25/h2-3H,1H3. The summed E-state index contributed by atoms with van der Waals surface area (Å²) in [5.41, 5.74) is -2.20. The van der Waals surface area contributed by atoms with E-state index < -0.39 is 51.2 Å². The van der Waals surface area contributed by atoms with Crippen molar-refractivity contribution in [2.75, 3.05) is 7.11 Å². The van der Waals surface area contributed by atoms with E-state index in [0.717, 1.165) is 7.11 Å². The van der Waals surface area contributed by atoms with Crippen molar-refractivity contribution in [1.82, 2.24) is 0 Å². The summed E-state index contributed by atoms with van der Waals surface area (Å²) in [6.45, 7) is 0. The van der Waals surface area contributed by atoms with Crippen molar-refractivity contribution < 1.29 is 53.0 Å². The summed E-state index contributed by atoms with van der Waals surface area (Å²) in [5.74, 6) is -29.0. The topological polar surface area (TPSA) is 9.23 Å². The Morgan fingerprint density at radius 1 is 0.692 bits per heavy atom. The fourth-order valence-electron chi connectivity index (χ4n) is 1.67. The fourth-order valence-corrected chi connectivity index (χ4v) is 2.18. The van der Waals surface area contributed by atoms with Crippen LogP contribution in [0.25, 0.3) is 0 Å². The minimum atomic E-state index is -7.53. The van der Waals surface area contributed by atoms with Gasteiger partial charge in [0.25, 0.3) is 0 Å². The van der Waals surface area contributed by atoms with Gasteiger partial charge in [0.2, 0.25) is 0 Å². The van der Waals surface area contributed by atoms with Crippen LogP contribution in [0.15, 0.2) is 12.1 Å². The molecule has 1 nitrogen and oxygen atoms in total. The van der Waals surface area contributed by atoms with Gasteiger partial charge >= 0.3 is 29.9 Å². The van der Waals surface area contributed by atoms with E-state index in [4.69, 9.17) is 23.2 Å². The van der Waals surface area contributed by atoms with E-state index in [-0.39, 0.29) is 6.07 Å². The monoisotopic (exact) mass is 444 g/mol. The molecule has 0 atom stereocenters. The Balaban J connectivity index is 3.63. The first-order valence-corrected chi connectivity index (χ1v) is 6.73. The lowest BCUT2D eigenvalue weighted by atomic mass is 9.93. The Hall–Kier alpha value is -1.17. The van der Waals surface area contributed by atoms with Gasteiger partial charge in [-0.3, -0.25) is 0 Å². The molecule has 0 unspecified atom stereocenters. The molecule has 1 rings (SSSR count). The molecule has 0 aliphatic rings. The molecule has 0 heterocycles. The minimum absolute atomic E-state index is 0.113. The van der Waals surface area contributed by atoms with Gasteiger partial charge in [-0.15, -0.1) is 0 Å². The van der Waals surface area contributed by atoms with Crippen molar-refractivity contribution in [3.63, 3.8) is 0 Å². The van der Waals surface area contributed by atoms with Crippen LogP contribution in [0, 0.1) is 0 Å². The summed E-state index contributed by atoms with van der Waals surface area (Å²) < 4.78 is 148. The molecule has 0 aliphatic heterocycles. The van der Waals surface area contributed by atoms with Gasteiger partial charge < -0.3 is 4.74 Å². The van der Waals surface area contributed by atoms with Crippen LogP contribution in [0.5, 0.6) is 5.75 Å². The van der Waals surface area contributed by atoms with E-state index in [1.165, 1.54) is 0 Å². The SMILES string of the molecule is COc1cc(Cl)c(C(F)(F)C(F)(F)C(F)(F)C(F)(F)C(F)(F)F)cc1Cl. The lowest BCUT2D eigenvalue weighted by Gasteiger charge is -2.37. The number of benzene rings is 1. The molecule has 1 aromatic carbocycles. The third-order valence-corrected chi connectivity index (χ3v) is 3.73. The molecule has 1 aromatic rings. The lowest BCUT2D eigenvalue weighted by molar-refractivity contribution is -0.424. The van der Waals surface area contributed by atoms with Crippen LogP contribution in [0.3, 0.4) is 0 Å². The molecule has 0 saturated carbocycles. The zero-order chi connectivity index (χ0) is 20.9. The van der Waals surface area contributed by atoms with Crippen LogP contribution in [0.1, 0.15) is 5.56 Å². The number of alkyl halides is 11. The molecular formula is C12H5Cl2F11O. The van der Waals surface area contributed by atoms with E-state index in [1.54, 1.807) is 0 Å². The highest BCUT2D eigenvalue weighted by atomic mass is 35.5. The predicted molar refractivity (Wildman–Crippen MR) is 67.8 cm³/mol. The van der Waals surface area contributed by atoms with Crippen LogP contribution in [-0.2, 0) is 5.92 Å². The average Bonchev–Trinajstić information content (AvgIpc) is 2.47. The molecule has 0 aliphatic carbocycles. The Bertz CT molecular complexity index is 684. The summed E-state index contributed by atoms with van der Waals surface area (Å²) in [4.78, 5) is 0. The molecule has 0 bridgehead atoms. The zero-order valence-corrected chi connectivity index (χ0v) is 13.5. The molecule has 150 valence electrons. The summed E-state index contributed by atoms with van der Waals surface area (Å²) in [6.07, 6.45) is -7.24. The number of hydrogen-bond donors (Lipinski definition) is 0. The Kier molecular flexibility index (Phi) is 5.69. The van der Waals surface area contributed by atoms with Crippen molar-refractivity contribution in [1.29, 1.82) is 0 Å². The first-order chi connectivity index (χ1) is 11.4. The molecule has 0 saturated heterocycles. The number of ether oxygens (including phenoxy) is 1. The normalized spacial score (nSPS) is 14.5. The number of rotatable bonds is 5. The quantitative estimate of drug-likeness (QED) is 0.467. The van der Waals surface area contributed by atoms with Crippen LogP contribution < -0.4 is 4.74 Å². The number of halogens is 13. The third-order valence-electron chi connectivity index (χ3n) is 3.12. The Labute approximate surface area is 147 Å². The lowest BCUT2D eigenvalue weighted by Crippen LogP contribution is -2.65. The molecule has 0 amide bonds. The first kappa shape index (κ1) is 22.9. The summed E-state index contributed by atoms with van der Waals surface area (Å²) in [6, 6.07) is 0.252. The molecule has 0 spiro atoms. The van der Waals surface area contributed by atoms with Crippen LogP contribution in [-0.4, -0.2) is 31.1 Å². The van der Waals surface area contributed by atoms with Crippen LogP contribution in [0.2, 0.25) is 10.0 Å². The smallest absolute Gasteiger partial charge is 0.460 e. The summed E-state index contributed by atoms with van der Waals surface area (Å²) in [5, 5.41) is -2.25. The van der Waals surface area contributed by atoms with Gasteiger partial charge in [0.05, 0.1) is 17.2 Å². The van der Waals surface area contributed by atoms with E-state index >= 15 is 0 Å². The van der Waals surface area contributed by atoms with Gasteiger partial charge in [-0.1, -0.05) is 23.2 Å². The maximum atomic E-state index is 13.9. The van der Waals surface area contributed by atoms with Crippen molar-refractivity contribution in [3.05, 3.63) is 27.7 Å². The maximum absolute atomic E-state index is 13.9. The summed E-state index contributed by atoms with van der Waals surface area (Å²) in [7, 11) is 0.933. The second-order valence-corrected chi connectivity index (χ2v) is 5.58. The Morgan fingerprint density at radius 2 is 1.15 bits per heavy atom. The predicted octanol–water partition coefficient (Wildman–Crippen LogP) is 6.56. The number of hydrogen-bond acceptors (Lipinski definition) is 1. The van der Waals surface area contributed by atoms with Crippen LogP contribution in [0.4, 0.5) is 48.3 Å². The van der Waals surface area contributed by atoms with Gasteiger partial charge in [-0.25, -0.2) is 0 Å². The summed E-state index contributed by atoms with van der Waals surface area (Å²) >= 11 is 10.6. The molecular weight excluding hydrogens is 440 g/mol. The first-order valence-electron chi connectivity index (χ1n) is 5.97. The minimum Gasteiger partial charge on any atom is -0.495 e. The van der Waals surface area contributed by atoms with E-state index in [0.29, 0.717) is 6.07 Å². The van der Waals surface area contributed by atoms with Gasteiger partial charge in [-0.05, 0) is 6.07 Å². The molecule has 26 heavy (non-hydrogen) atoms. The highest BCUT2D eigenvalue weighted by molar-refractivity contribution is 6.34. The molecule has 0 fully saturated rings. The second-order valence-electron chi connectivity index (χ2n) is 4.76. The fraction of sp³-hybridized carbons (Fsp3) is 0.500. The Morgan fingerprint density at radius 3 is 1.54 bits per heavy atom. The number of methoxy groups -OCH3 is 1. The molecule has 0 radical (unpaired) electrons. The van der Waals surface area contributed by atoms with Crippen molar-refractivity contribution >= 4 is 23.2 Å². The molecule has 14 heteroatoms. The van der Waals surface area contributed by atoms with E-state index in [1.807, 2.05) is 0 Å². The molecule has 0 aromatic heterocycles. The van der Waals surface area contributed by atoms with Crippen LogP contribution >= 0.6 is 23.2 Å². The molecule has 0 N–H and O–H groups in total. The van der Waals surface area contributed by atoms with Gasteiger partial charge in [0.1, 0.15) is 5.75 Å². The van der Waals surface area contributed by atoms with Gasteiger partial charge in [0.15, 0.2) is 0 Å². The van der Waals surface area contributed by atoms with Crippen molar-refractivity contribution in [2.45, 2.75) is 29.9 Å². The largest absolute Gasteiger partial charge is 0.495 e. The van der Waals surface area contributed by atoms with E-state index in [2.05, 4.69) is 4.74 Å². The van der Waals surface area contributed by atoms with Gasteiger partial charge in [-0.2, -0.15) is 48.3 Å². The second kappa shape index (κ2) is 6.47. The van der Waals surface area contributed by atoms with Gasteiger partial charge in [0, 0.05) is 11.6 Å². The third kappa shape index (κ3) is 3.14. The average molecular weight is 445 g/mol. The zero-order valence-electron chi connectivity index (χ0n) is 12.0. The highest BCUT2D eigenvalue weighted by Gasteiger charge is 2.87. The van der Waals surface area contributed by atoms with E-state index in [9.17, 15) is 48.3 Å².